The van der Waals surface area contributed by atoms with Gasteiger partial charge in [-0.3, -0.25) is 14.5 Å². The number of nitrogens with zero attached hydrogens (tertiary/aromatic N) is 5. The van der Waals surface area contributed by atoms with Crippen molar-refractivity contribution in [3.8, 4) is 0 Å². The molecule has 2 aromatic rings. The molecule has 0 bridgehead atoms. The molecule has 2 N–H and O–H groups in total. The number of thiophene rings is 1. The van der Waals surface area contributed by atoms with Crippen molar-refractivity contribution in [3.05, 3.63) is 46.4 Å². The van der Waals surface area contributed by atoms with Gasteiger partial charge in [0, 0.05) is 68.6 Å². The summed E-state index contributed by atoms with van der Waals surface area (Å²) < 4.78 is 0. The fourth-order valence-electron chi connectivity index (χ4n) is 4.29. The van der Waals surface area contributed by atoms with E-state index < -0.39 is 11.9 Å². The topological polar surface area (TPSA) is 144 Å². The number of carbonyl (C=O) groups is 4. The molecule has 11 nitrogen and oxygen atoms in total. The highest BCUT2D eigenvalue weighted by Crippen LogP contribution is 2.35. The third kappa shape index (κ3) is 8.73. The van der Waals surface area contributed by atoms with Crippen molar-refractivity contribution >= 4 is 46.6 Å². The van der Waals surface area contributed by atoms with E-state index in [-0.39, 0.29) is 11.7 Å². The Bertz CT molecular complexity index is 1130. The van der Waals surface area contributed by atoms with E-state index in [0.29, 0.717) is 18.6 Å². The highest BCUT2D eigenvalue weighted by atomic mass is 32.1. The first kappa shape index (κ1) is 28.9. The van der Waals surface area contributed by atoms with Gasteiger partial charge in [0.2, 0.25) is 11.9 Å². The predicted octanol–water partition coefficient (Wildman–Crippen LogP) is 2.72. The number of aromatic nitrogens is 2. The van der Waals surface area contributed by atoms with Crippen LogP contribution in [0.2, 0.25) is 0 Å². The second kappa shape index (κ2) is 14.3. The monoisotopic (exact) mass is 543 g/mol. The molecular weight excluding hydrogens is 510 g/mol. The van der Waals surface area contributed by atoms with Crippen molar-refractivity contribution < 1.29 is 29.4 Å². The third-order valence-corrected chi connectivity index (χ3v) is 7.49. The van der Waals surface area contributed by atoms with Crippen LogP contribution >= 0.6 is 11.3 Å². The van der Waals surface area contributed by atoms with Crippen LogP contribution in [0.1, 0.15) is 47.2 Å². The van der Waals surface area contributed by atoms with Gasteiger partial charge in [0.05, 0.1) is 10.6 Å². The zero-order valence-corrected chi connectivity index (χ0v) is 22.2. The van der Waals surface area contributed by atoms with Gasteiger partial charge in [0.1, 0.15) is 0 Å². The number of carboxylic acids is 2. The summed E-state index contributed by atoms with van der Waals surface area (Å²) in [7, 11) is 0. The average molecular weight is 544 g/mol. The zero-order chi connectivity index (χ0) is 27.5. The zero-order valence-electron chi connectivity index (χ0n) is 21.4. The number of aryl methyl sites for hydroxylation is 1. The van der Waals surface area contributed by atoms with E-state index >= 15 is 0 Å². The summed E-state index contributed by atoms with van der Waals surface area (Å²) >= 11 is 1.56. The number of hydrogen-bond acceptors (Lipinski definition) is 9. The molecule has 0 radical (unpaired) electrons. The summed E-state index contributed by atoms with van der Waals surface area (Å²) in [6.07, 6.45) is 9.09. The Hall–Kier alpha value is -3.64. The minimum atomic E-state index is -1.26. The van der Waals surface area contributed by atoms with Crippen LogP contribution in [0.15, 0.2) is 36.7 Å². The van der Waals surface area contributed by atoms with Gasteiger partial charge in [0.25, 0.3) is 0 Å². The maximum Gasteiger partial charge on any atom is 0.328 e. The van der Waals surface area contributed by atoms with Crippen LogP contribution in [0.4, 0.5) is 11.6 Å². The maximum atomic E-state index is 12.6. The molecule has 4 heterocycles. The van der Waals surface area contributed by atoms with E-state index in [0.717, 1.165) is 81.5 Å². The van der Waals surface area contributed by atoms with E-state index in [2.05, 4.69) is 19.8 Å². The largest absolute Gasteiger partial charge is 0.478 e. The number of rotatable bonds is 9. The molecule has 1 amide bonds. The van der Waals surface area contributed by atoms with Gasteiger partial charge in [-0.1, -0.05) is 0 Å². The van der Waals surface area contributed by atoms with Gasteiger partial charge in [-0.15, -0.1) is 11.3 Å². The number of unbranched alkanes of at least 4 members (excludes halogenated alkanes) is 1. The fraction of sp³-hybridized carbons (Fsp3) is 0.462. The Morgan fingerprint density at radius 1 is 0.974 bits per heavy atom. The van der Waals surface area contributed by atoms with Gasteiger partial charge in [-0.25, -0.2) is 19.6 Å². The number of ketones is 1. The van der Waals surface area contributed by atoms with Gasteiger partial charge < -0.3 is 20.0 Å². The number of fused-ring (bicyclic) bond motifs is 1. The van der Waals surface area contributed by atoms with Gasteiger partial charge in [0.15, 0.2) is 5.78 Å². The molecule has 12 heteroatoms. The molecule has 0 spiro atoms. The normalized spacial score (nSPS) is 16.0. The molecule has 0 atom stereocenters. The molecule has 0 saturated carbocycles. The molecule has 1 saturated heterocycles. The van der Waals surface area contributed by atoms with Crippen molar-refractivity contribution in [2.24, 2.45) is 0 Å². The van der Waals surface area contributed by atoms with Crippen molar-refractivity contribution in [1.82, 2.24) is 14.9 Å². The standard InChI is InChI=1S/C22H29N5O2S.C4H4O4/c1-17(28)20-16-18-19(30-20)6-4-7-21(29)27(18)11-3-2-10-25-12-14-26(15-13-25)22-23-8-5-9-24-22;5-3(6)1-2-4(7)8/h5,8-9,16H,2-4,6-7,10-15H2,1H3;1-2H,(H,5,6)(H,7,8). The Morgan fingerprint density at radius 2 is 1.61 bits per heavy atom. The van der Waals surface area contributed by atoms with Crippen molar-refractivity contribution in [3.63, 3.8) is 0 Å². The first-order valence-electron chi connectivity index (χ1n) is 12.6. The van der Waals surface area contributed by atoms with E-state index in [4.69, 9.17) is 10.2 Å². The third-order valence-electron chi connectivity index (χ3n) is 6.20. The lowest BCUT2D eigenvalue weighted by molar-refractivity contribution is -0.134. The molecule has 0 unspecified atom stereocenters. The quantitative estimate of drug-likeness (QED) is 0.275. The SMILES string of the molecule is CC(=O)c1cc2c(s1)CCCC(=O)N2CCCCN1CCN(c2ncccn2)CC1.O=C(O)C=CC(=O)O. The molecule has 1 fully saturated rings. The van der Waals surface area contributed by atoms with Crippen molar-refractivity contribution in [1.29, 1.82) is 0 Å². The first-order valence-corrected chi connectivity index (χ1v) is 13.4. The first-order chi connectivity index (χ1) is 18.2. The highest BCUT2D eigenvalue weighted by molar-refractivity contribution is 7.14. The maximum absolute atomic E-state index is 12.6. The van der Waals surface area contributed by atoms with Crippen LogP contribution in [0.3, 0.4) is 0 Å². The van der Waals surface area contributed by atoms with Crippen LogP contribution < -0.4 is 9.80 Å². The molecule has 0 aliphatic carbocycles. The predicted molar refractivity (Wildman–Crippen MR) is 144 cm³/mol. The fourth-order valence-corrected chi connectivity index (χ4v) is 5.39. The lowest BCUT2D eigenvalue weighted by Gasteiger charge is -2.34. The molecule has 2 aromatic heterocycles. The lowest BCUT2D eigenvalue weighted by Crippen LogP contribution is -2.47. The number of amides is 1. The van der Waals surface area contributed by atoms with Crippen LogP contribution in [-0.4, -0.2) is 88.0 Å². The molecule has 2 aliphatic rings. The van der Waals surface area contributed by atoms with Gasteiger partial charge in [-0.2, -0.15) is 0 Å². The molecule has 204 valence electrons. The lowest BCUT2D eigenvalue weighted by atomic mass is 10.2. The Balaban J connectivity index is 0.000000436. The summed E-state index contributed by atoms with van der Waals surface area (Å²) in [5.41, 5.74) is 0.976. The molecular formula is C26H33N5O6S. The minimum Gasteiger partial charge on any atom is -0.478 e. The number of carboxylic acid groups (broad SMARTS) is 2. The summed E-state index contributed by atoms with van der Waals surface area (Å²) in [6, 6.07) is 3.77. The Morgan fingerprint density at radius 3 is 2.21 bits per heavy atom. The van der Waals surface area contributed by atoms with E-state index in [1.165, 1.54) is 4.88 Å². The second-order valence-corrected chi connectivity index (χ2v) is 10.1. The summed E-state index contributed by atoms with van der Waals surface area (Å²) in [5.74, 6) is -1.42. The van der Waals surface area contributed by atoms with Crippen LogP contribution in [-0.2, 0) is 20.8 Å². The minimum absolute atomic E-state index is 0.0838. The van der Waals surface area contributed by atoms with E-state index in [1.54, 1.807) is 30.7 Å². The molecule has 0 aromatic carbocycles. The van der Waals surface area contributed by atoms with Crippen LogP contribution in [0, 0.1) is 0 Å². The Kier molecular flexibility index (Phi) is 10.9. The van der Waals surface area contributed by atoms with Crippen molar-refractivity contribution in [2.45, 2.75) is 39.0 Å². The number of Topliss-reactive ketones (excluding diaryl/α,β-unsaturated/α-hetero) is 1. The smallest absolute Gasteiger partial charge is 0.328 e. The van der Waals surface area contributed by atoms with Crippen LogP contribution in [0.5, 0.6) is 0 Å². The number of aliphatic carboxylic acids is 2. The summed E-state index contributed by atoms with van der Waals surface area (Å²) in [5, 5.41) is 15.6. The van der Waals surface area contributed by atoms with Gasteiger partial charge >= 0.3 is 11.9 Å². The Labute approximate surface area is 225 Å². The van der Waals surface area contributed by atoms with E-state index in [9.17, 15) is 19.2 Å². The average Bonchev–Trinajstić information content (AvgIpc) is 3.26. The number of piperazine rings is 1. The molecule has 2 aliphatic heterocycles. The van der Waals surface area contributed by atoms with Crippen LogP contribution in [0.25, 0.3) is 0 Å². The molecule has 38 heavy (non-hydrogen) atoms. The summed E-state index contributed by atoms with van der Waals surface area (Å²) in [4.78, 5) is 60.8. The number of anilines is 2. The highest BCUT2D eigenvalue weighted by Gasteiger charge is 2.25. The van der Waals surface area contributed by atoms with Crippen molar-refractivity contribution in [2.75, 3.05) is 49.1 Å². The number of hydrogen-bond donors (Lipinski definition) is 2. The summed E-state index contributed by atoms with van der Waals surface area (Å²) in [6.45, 7) is 7.29. The second-order valence-electron chi connectivity index (χ2n) is 8.97. The van der Waals surface area contributed by atoms with Gasteiger partial charge in [-0.05, 0) is 51.3 Å². The van der Waals surface area contributed by atoms with E-state index in [1.807, 2.05) is 17.0 Å². The number of carbonyl (C=O) groups excluding carboxylic acids is 2. The molecule has 4 rings (SSSR count).